The van der Waals surface area contributed by atoms with E-state index in [4.69, 9.17) is 9.26 Å². The maximum Gasteiger partial charge on any atom is 0.339 e. The van der Waals surface area contributed by atoms with E-state index in [0.717, 1.165) is 89.5 Å². The van der Waals surface area contributed by atoms with Gasteiger partial charge in [-0.15, -0.1) is 0 Å². The van der Waals surface area contributed by atoms with Crippen molar-refractivity contribution in [3.05, 3.63) is 11.8 Å². The normalized spacial score (nSPS) is 30.1. The van der Waals surface area contributed by atoms with Gasteiger partial charge in [-0.2, -0.15) is 0 Å². The molecule has 0 aromatic carbocycles. The molecule has 2 N–H and O–H groups in total. The quantitative estimate of drug-likeness (QED) is 0.442. The minimum atomic E-state index is -1.34. The van der Waals surface area contributed by atoms with Gasteiger partial charge in [-0.05, 0) is 37.5 Å². The van der Waals surface area contributed by atoms with Gasteiger partial charge < -0.3 is 24.2 Å². The summed E-state index contributed by atoms with van der Waals surface area (Å²) < 4.78 is 12.0. The molecule has 8 nitrogen and oxygen atoms in total. The Hall–Kier alpha value is -1.93. The predicted molar refractivity (Wildman–Crippen MR) is 126 cm³/mol. The van der Waals surface area contributed by atoms with Crippen LogP contribution in [0, 0.1) is 17.8 Å². The maximum absolute atomic E-state index is 13.6. The Kier molecular flexibility index (Phi) is 6.73. The molecule has 5 aliphatic rings. The number of carbonyl (C=O) groups excluding carboxylic acids is 2. The number of carbonyl (C=O) groups is 2. The first-order valence-corrected chi connectivity index (χ1v) is 13.5. The highest BCUT2D eigenvalue weighted by Crippen LogP contribution is 2.46. The number of nitrogens with one attached hydrogen (secondary N) is 1. The van der Waals surface area contributed by atoms with E-state index in [2.05, 4.69) is 10.5 Å². The number of anilines is 1. The summed E-state index contributed by atoms with van der Waals surface area (Å²) >= 11 is 0. The third-order valence-electron chi connectivity index (χ3n) is 9.24. The van der Waals surface area contributed by atoms with Gasteiger partial charge in [0.15, 0.2) is 24.1 Å². The molecule has 0 spiro atoms. The predicted octanol–water partition coefficient (Wildman–Crippen LogP) is 3.44. The van der Waals surface area contributed by atoms with Crippen LogP contribution in [0.2, 0.25) is 0 Å². The Morgan fingerprint density at radius 3 is 2.29 bits per heavy atom. The van der Waals surface area contributed by atoms with Crippen LogP contribution in [0.5, 0.6) is 0 Å². The van der Waals surface area contributed by atoms with E-state index in [1.165, 1.54) is 0 Å². The van der Waals surface area contributed by atoms with Crippen LogP contribution in [-0.2, 0) is 20.7 Å². The number of aryl methyl sites for hydroxylation is 1. The van der Waals surface area contributed by atoms with Crippen LogP contribution in [-0.4, -0.2) is 64.5 Å². The van der Waals surface area contributed by atoms with Crippen molar-refractivity contribution >= 4 is 17.7 Å². The number of hydrogen-bond acceptors (Lipinski definition) is 6. The highest BCUT2D eigenvalue weighted by atomic mass is 16.6. The molecule has 1 atom stereocenters. The van der Waals surface area contributed by atoms with Crippen molar-refractivity contribution in [2.24, 2.45) is 17.8 Å². The summed E-state index contributed by atoms with van der Waals surface area (Å²) in [7, 11) is 0. The Morgan fingerprint density at radius 1 is 1.12 bits per heavy atom. The number of aliphatic hydroxyl groups is 1. The van der Waals surface area contributed by atoms with Crippen LogP contribution < -0.4 is 5.32 Å². The molecule has 0 radical (unpaired) electrons. The van der Waals surface area contributed by atoms with Gasteiger partial charge in [0.1, 0.15) is 12.3 Å². The zero-order chi connectivity index (χ0) is 23.8. The Morgan fingerprint density at radius 2 is 1.74 bits per heavy atom. The fourth-order valence-corrected chi connectivity index (χ4v) is 7.23. The minimum Gasteiger partial charge on any atom is -0.454 e. The zero-order valence-corrected chi connectivity index (χ0v) is 20.5. The molecule has 1 aromatic rings. The molecule has 5 fully saturated rings. The van der Waals surface area contributed by atoms with E-state index in [1.54, 1.807) is 6.07 Å². The third kappa shape index (κ3) is 4.51. The van der Waals surface area contributed by atoms with Crippen molar-refractivity contribution < 1.29 is 28.4 Å². The second kappa shape index (κ2) is 9.61. The lowest BCUT2D eigenvalue weighted by atomic mass is 9.74. The number of esters is 1. The largest absolute Gasteiger partial charge is 0.454 e. The first-order chi connectivity index (χ1) is 16.4. The molecule has 2 saturated carbocycles. The van der Waals surface area contributed by atoms with Crippen LogP contribution >= 0.6 is 0 Å². The van der Waals surface area contributed by atoms with Crippen molar-refractivity contribution in [3.63, 3.8) is 0 Å². The van der Waals surface area contributed by atoms with Gasteiger partial charge >= 0.3 is 5.97 Å². The Bertz CT molecular complexity index is 863. The lowest BCUT2D eigenvalue weighted by Gasteiger charge is -2.52. The number of quaternary nitrogens is 1. The van der Waals surface area contributed by atoms with Crippen LogP contribution in [0.4, 0.5) is 5.82 Å². The van der Waals surface area contributed by atoms with Gasteiger partial charge in [0, 0.05) is 31.2 Å². The van der Waals surface area contributed by atoms with E-state index < -0.39 is 5.60 Å². The summed E-state index contributed by atoms with van der Waals surface area (Å²) in [6.07, 6.45) is 10.4. The molecule has 3 aliphatic heterocycles. The van der Waals surface area contributed by atoms with Crippen LogP contribution in [0.3, 0.4) is 0 Å². The average Bonchev–Trinajstić information content (AvgIpc) is 3.62. The van der Waals surface area contributed by atoms with Crippen LogP contribution in [0.1, 0.15) is 76.9 Å². The van der Waals surface area contributed by atoms with Gasteiger partial charge in [0.05, 0.1) is 13.1 Å². The number of ether oxygens (including phenoxy) is 1. The first-order valence-electron chi connectivity index (χ1n) is 13.5. The zero-order valence-electron chi connectivity index (χ0n) is 20.5. The molecule has 1 amide bonds. The molecule has 2 bridgehead atoms. The molecule has 188 valence electrons. The summed E-state index contributed by atoms with van der Waals surface area (Å²) in [6.45, 7) is 4.80. The third-order valence-corrected chi connectivity index (χ3v) is 9.24. The van der Waals surface area contributed by atoms with E-state index >= 15 is 0 Å². The second-order valence-electron chi connectivity index (χ2n) is 11.3. The van der Waals surface area contributed by atoms with Crippen molar-refractivity contribution in [3.8, 4) is 0 Å². The number of amides is 1. The summed E-state index contributed by atoms with van der Waals surface area (Å²) in [5, 5.41) is 18.6. The van der Waals surface area contributed by atoms with Crippen molar-refractivity contribution in [1.29, 1.82) is 0 Å². The van der Waals surface area contributed by atoms with E-state index in [-0.39, 0.29) is 29.8 Å². The molecule has 2 aliphatic carbocycles. The molecule has 1 aromatic heterocycles. The van der Waals surface area contributed by atoms with E-state index in [9.17, 15) is 14.7 Å². The summed E-state index contributed by atoms with van der Waals surface area (Å²) in [5.41, 5.74) is -1.34. The van der Waals surface area contributed by atoms with Crippen LogP contribution in [0.15, 0.2) is 10.6 Å². The molecule has 6 rings (SSSR count). The van der Waals surface area contributed by atoms with Gasteiger partial charge in [-0.25, -0.2) is 4.79 Å². The monoisotopic (exact) mass is 474 g/mol. The van der Waals surface area contributed by atoms with E-state index in [0.29, 0.717) is 29.3 Å². The molecule has 34 heavy (non-hydrogen) atoms. The van der Waals surface area contributed by atoms with Crippen molar-refractivity contribution in [1.82, 2.24) is 5.16 Å². The van der Waals surface area contributed by atoms with E-state index in [1.807, 2.05) is 6.92 Å². The SMILES string of the molecule is CCc1cc(NC(=O)C[N+]23CCC(CC2)[C@@H](OC(=O)C(O)(C2CCCC2)C2CCCC2)C3)no1. The Labute approximate surface area is 202 Å². The molecule has 0 unspecified atom stereocenters. The van der Waals surface area contributed by atoms with Crippen molar-refractivity contribution in [2.75, 3.05) is 31.5 Å². The second-order valence-corrected chi connectivity index (χ2v) is 11.3. The highest BCUT2D eigenvalue weighted by molar-refractivity contribution is 5.90. The molecule has 3 saturated heterocycles. The number of nitrogens with zero attached hydrogens (tertiary/aromatic N) is 2. The van der Waals surface area contributed by atoms with Gasteiger partial charge in [0.2, 0.25) is 0 Å². The standard InChI is InChI=1S/C26H39N3O5/c1-2-21-15-23(28-34-21)27-24(30)17-29-13-11-18(12-14-29)22(16-29)33-25(31)26(32,19-7-3-4-8-19)20-9-5-6-10-20/h15,18-20,22,32H,2-14,16-17H2,1H3/p+1/t18?,22-,29?/m0/s1. The summed E-state index contributed by atoms with van der Waals surface area (Å²) in [6, 6.07) is 1.76. The Balaban J connectivity index is 1.25. The number of rotatable bonds is 8. The fourth-order valence-electron chi connectivity index (χ4n) is 7.23. The number of hydrogen-bond donors (Lipinski definition) is 2. The average molecular weight is 475 g/mol. The topological polar surface area (TPSA) is 102 Å². The number of fused-ring (bicyclic) bond motifs is 3. The molecular formula is C26H40N3O5+. The lowest BCUT2D eigenvalue weighted by Crippen LogP contribution is -2.67. The highest BCUT2D eigenvalue weighted by Gasteiger charge is 2.55. The van der Waals surface area contributed by atoms with Crippen molar-refractivity contribution in [2.45, 2.75) is 89.3 Å². The molecular weight excluding hydrogens is 434 g/mol. The molecule has 4 heterocycles. The number of aromatic nitrogens is 1. The first kappa shape index (κ1) is 23.8. The van der Waals surface area contributed by atoms with Crippen LogP contribution in [0.25, 0.3) is 0 Å². The van der Waals surface area contributed by atoms with Gasteiger partial charge in [0.25, 0.3) is 5.91 Å². The van der Waals surface area contributed by atoms with Gasteiger partial charge in [-0.3, -0.25) is 4.79 Å². The molecule has 8 heteroatoms. The summed E-state index contributed by atoms with van der Waals surface area (Å²) in [5.74, 6) is 1.09. The maximum atomic E-state index is 13.6. The lowest BCUT2D eigenvalue weighted by molar-refractivity contribution is -0.939. The summed E-state index contributed by atoms with van der Waals surface area (Å²) in [4.78, 5) is 26.4. The van der Waals surface area contributed by atoms with Gasteiger partial charge in [-0.1, -0.05) is 37.8 Å². The minimum absolute atomic E-state index is 0.0218. The fraction of sp³-hybridized carbons (Fsp3) is 0.808. The smallest absolute Gasteiger partial charge is 0.339 e. The number of piperidine rings is 3.